The lowest BCUT2D eigenvalue weighted by Gasteiger charge is -2.29. The van der Waals surface area contributed by atoms with E-state index in [1.807, 2.05) is 4.90 Å². The van der Waals surface area contributed by atoms with Crippen LogP contribution in [0.25, 0.3) is 0 Å². The number of carbonyl (C=O) groups is 1. The van der Waals surface area contributed by atoms with E-state index in [4.69, 9.17) is 44.9 Å². The van der Waals surface area contributed by atoms with Gasteiger partial charge >= 0.3 is 0 Å². The molecule has 0 aromatic heterocycles. The molecule has 1 fully saturated rings. The van der Waals surface area contributed by atoms with Crippen molar-refractivity contribution in [3.8, 4) is 5.75 Å². The van der Waals surface area contributed by atoms with Crippen LogP contribution < -0.4 is 10.1 Å². The lowest BCUT2D eigenvalue weighted by atomic mass is 10.3. The number of rotatable bonds is 3. The molecule has 1 unspecified atom stereocenters. The summed E-state index contributed by atoms with van der Waals surface area (Å²) in [7, 11) is 0. The number of halogens is 2. The van der Waals surface area contributed by atoms with Gasteiger partial charge in [0.25, 0.3) is 5.91 Å². The zero-order valence-electron chi connectivity index (χ0n) is 12.0. The van der Waals surface area contributed by atoms with Gasteiger partial charge in [-0.3, -0.25) is 10.1 Å². The molecule has 1 saturated heterocycles. The highest BCUT2D eigenvalue weighted by atomic mass is 35.5. The monoisotopic (exact) mass is 362 g/mol. The Morgan fingerprint density at radius 1 is 1.41 bits per heavy atom. The van der Waals surface area contributed by atoms with Gasteiger partial charge < -0.3 is 14.4 Å². The van der Waals surface area contributed by atoms with Crippen LogP contribution in [-0.4, -0.2) is 48.3 Å². The fourth-order valence-electron chi connectivity index (χ4n) is 1.87. The van der Waals surface area contributed by atoms with Crippen LogP contribution in [0.3, 0.4) is 0 Å². The quantitative estimate of drug-likeness (QED) is 0.837. The molecule has 22 heavy (non-hydrogen) atoms. The van der Waals surface area contributed by atoms with Gasteiger partial charge in [-0.2, -0.15) is 0 Å². The Labute approximate surface area is 144 Å². The highest BCUT2D eigenvalue weighted by molar-refractivity contribution is 7.80. The normalized spacial score (nSPS) is 16.0. The fraction of sp³-hybridized carbons (Fsp3) is 0.429. The van der Waals surface area contributed by atoms with Crippen molar-refractivity contribution in [1.29, 1.82) is 0 Å². The van der Waals surface area contributed by atoms with E-state index in [2.05, 4.69) is 5.32 Å². The topological polar surface area (TPSA) is 50.8 Å². The third kappa shape index (κ3) is 4.71. The summed E-state index contributed by atoms with van der Waals surface area (Å²) < 4.78 is 10.8. The second-order valence-electron chi connectivity index (χ2n) is 4.73. The van der Waals surface area contributed by atoms with Gasteiger partial charge in [-0.05, 0) is 37.3 Å². The molecule has 1 amide bonds. The molecule has 1 aliphatic rings. The lowest BCUT2D eigenvalue weighted by molar-refractivity contribution is -0.125. The SMILES string of the molecule is CC(Oc1ccc(Cl)cc1Cl)C(=O)NC(=S)N1CCOCC1. The highest BCUT2D eigenvalue weighted by Crippen LogP contribution is 2.28. The summed E-state index contributed by atoms with van der Waals surface area (Å²) in [6, 6.07) is 4.82. The first-order valence-electron chi connectivity index (χ1n) is 6.76. The van der Waals surface area contributed by atoms with Gasteiger partial charge in [0.2, 0.25) is 0 Å². The van der Waals surface area contributed by atoms with E-state index in [-0.39, 0.29) is 5.91 Å². The molecule has 1 aromatic rings. The first-order valence-corrected chi connectivity index (χ1v) is 7.93. The van der Waals surface area contributed by atoms with Crippen molar-refractivity contribution < 1.29 is 14.3 Å². The third-order valence-electron chi connectivity index (χ3n) is 3.10. The number of morpholine rings is 1. The van der Waals surface area contributed by atoms with Gasteiger partial charge in [0.05, 0.1) is 18.2 Å². The Hall–Kier alpha value is -1.08. The number of nitrogens with one attached hydrogen (secondary N) is 1. The molecule has 2 rings (SSSR count). The van der Waals surface area contributed by atoms with E-state index in [0.29, 0.717) is 47.2 Å². The second kappa shape index (κ2) is 7.97. The van der Waals surface area contributed by atoms with Gasteiger partial charge in [-0.25, -0.2) is 0 Å². The number of nitrogens with zero attached hydrogens (tertiary/aromatic N) is 1. The number of carbonyl (C=O) groups excluding carboxylic acids is 1. The maximum Gasteiger partial charge on any atom is 0.266 e. The van der Waals surface area contributed by atoms with Gasteiger partial charge in [-0.15, -0.1) is 0 Å². The van der Waals surface area contributed by atoms with Crippen LogP contribution >= 0.6 is 35.4 Å². The Bertz CT molecular complexity index is 565. The predicted molar refractivity (Wildman–Crippen MR) is 89.7 cm³/mol. The summed E-state index contributed by atoms with van der Waals surface area (Å²) in [5, 5.41) is 3.90. The number of hydrogen-bond donors (Lipinski definition) is 1. The number of ether oxygens (including phenoxy) is 2. The van der Waals surface area contributed by atoms with Crippen molar-refractivity contribution in [3.05, 3.63) is 28.2 Å². The molecule has 0 bridgehead atoms. The Kier molecular flexibility index (Phi) is 6.26. The third-order valence-corrected chi connectivity index (χ3v) is 3.99. The first-order chi connectivity index (χ1) is 10.5. The first kappa shape index (κ1) is 17.3. The van der Waals surface area contributed by atoms with Crippen molar-refractivity contribution >= 4 is 46.4 Å². The maximum atomic E-state index is 12.1. The van der Waals surface area contributed by atoms with Gasteiger partial charge in [0.15, 0.2) is 11.2 Å². The van der Waals surface area contributed by atoms with E-state index < -0.39 is 6.10 Å². The van der Waals surface area contributed by atoms with Crippen LogP contribution in [0.1, 0.15) is 6.92 Å². The number of hydrogen-bond acceptors (Lipinski definition) is 4. The average Bonchev–Trinajstić information content (AvgIpc) is 2.50. The molecule has 0 spiro atoms. The van der Waals surface area contributed by atoms with Crippen LogP contribution in [0.5, 0.6) is 5.75 Å². The molecule has 0 radical (unpaired) electrons. The lowest BCUT2D eigenvalue weighted by Crippen LogP contribution is -2.50. The molecule has 0 aliphatic carbocycles. The molecule has 1 atom stereocenters. The summed E-state index contributed by atoms with van der Waals surface area (Å²) in [5.41, 5.74) is 0. The zero-order valence-corrected chi connectivity index (χ0v) is 14.3. The number of amides is 1. The van der Waals surface area contributed by atoms with Crippen molar-refractivity contribution in [2.75, 3.05) is 26.3 Å². The molecule has 1 N–H and O–H groups in total. The minimum atomic E-state index is -0.738. The zero-order chi connectivity index (χ0) is 16.1. The van der Waals surface area contributed by atoms with Gasteiger partial charge in [-0.1, -0.05) is 23.2 Å². The minimum absolute atomic E-state index is 0.331. The average molecular weight is 363 g/mol. The summed E-state index contributed by atoms with van der Waals surface area (Å²) in [6.45, 7) is 4.15. The summed E-state index contributed by atoms with van der Waals surface area (Å²) in [5.74, 6) is 0.0634. The van der Waals surface area contributed by atoms with E-state index in [1.54, 1.807) is 25.1 Å². The molecular weight excluding hydrogens is 347 g/mol. The Morgan fingerprint density at radius 3 is 2.73 bits per heavy atom. The van der Waals surface area contributed by atoms with Crippen molar-refractivity contribution in [3.63, 3.8) is 0 Å². The van der Waals surface area contributed by atoms with Crippen molar-refractivity contribution in [1.82, 2.24) is 10.2 Å². The summed E-state index contributed by atoms with van der Waals surface area (Å²) >= 11 is 17.1. The largest absolute Gasteiger partial charge is 0.479 e. The molecule has 1 aromatic carbocycles. The number of thiocarbonyl (C=S) groups is 1. The molecule has 0 saturated carbocycles. The van der Waals surface area contributed by atoms with Crippen LogP contribution in [0.2, 0.25) is 10.0 Å². The molecule has 1 heterocycles. The van der Waals surface area contributed by atoms with Crippen LogP contribution in [0.15, 0.2) is 18.2 Å². The molecule has 8 heteroatoms. The number of benzene rings is 1. The van der Waals surface area contributed by atoms with Crippen molar-refractivity contribution in [2.24, 2.45) is 0 Å². The maximum absolute atomic E-state index is 12.1. The highest BCUT2D eigenvalue weighted by Gasteiger charge is 2.21. The molecule has 1 aliphatic heterocycles. The van der Waals surface area contributed by atoms with E-state index >= 15 is 0 Å². The van der Waals surface area contributed by atoms with Crippen LogP contribution in [0, 0.1) is 0 Å². The molecule has 120 valence electrons. The van der Waals surface area contributed by atoms with Gasteiger partial charge in [0, 0.05) is 18.1 Å². The molecule has 5 nitrogen and oxygen atoms in total. The second-order valence-corrected chi connectivity index (χ2v) is 5.96. The van der Waals surface area contributed by atoms with Crippen molar-refractivity contribution in [2.45, 2.75) is 13.0 Å². The fourth-order valence-corrected chi connectivity index (χ4v) is 2.60. The van der Waals surface area contributed by atoms with E-state index in [0.717, 1.165) is 0 Å². The Balaban J connectivity index is 1.89. The molecular formula is C14H16Cl2N2O3S. The smallest absolute Gasteiger partial charge is 0.266 e. The summed E-state index contributed by atoms with van der Waals surface area (Å²) in [4.78, 5) is 14.0. The van der Waals surface area contributed by atoms with Crippen LogP contribution in [-0.2, 0) is 9.53 Å². The summed E-state index contributed by atoms with van der Waals surface area (Å²) in [6.07, 6.45) is -0.738. The van der Waals surface area contributed by atoms with Gasteiger partial charge in [0.1, 0.15) is 5.75 Å². The Morgan fingerprint density at radius 2 is 2.09 bits per heavy atom. The van der Waals surface area contributed by atoms with E-state index in [1.165, 1.54) is 0 Å². The predicted octanol–water partition coefficient (Wildman–Crippen LogP) is 2.49. The standard InChI is InChI=1S/C14H16Cl2N2O3S/c1-9(21-12-3-2-10(15)8-11(12)16)13(19)17-14(22)18-4-6-20-7-5-18/h2-3,8-9H,4-7H2,1H3,(H,17,19,22). The van der Waals surface area contributed by atoms with E-state index in [9.17, 15) is 4.79 Å². The van der Waals surface area contributed by atoms with Crippen LogP contribution in [0.4, 0.5) is 0 Å². The minimum Gasteiger partial charge on any atom is -0.479 e.